The second-order valence-electron chi connectivity index (χ2n) is 5.35. The van der Waals surface area contributed by atoms with Gasteiger partial charge in [0.15, 0.2) is 0 Å². The van der Waals surface area contributed by atoms with Crippen molar-refractivity contribution in [3.8, 4) is 5.88 Å². The number of hydrogen-bond acceptors (Lipinski definition) is 4. The Morgan fingerprint density at radius 2 is 2.17 bits per heavy atom. The number of amides is 2. The molecule has 6 nitrogen and oxygen atoms in total. The molecule has 120 valence electrons. The Morgan fingerprint density at radius 3 is 2.96 bits per heavy atom. The minimum atomic E-state index is -0.127. The SMILES string of the molecule is CCOc1ncccc1NC(=O)N1CCC[C@H]1c1ccncc1. The normalized spacial score (nSPS) is 17.1. The minimum absolute atomic E-state index is 0.0882. The molecule has 1 N–H and O–H groups in total. The molecule has 0 aliphatic carbocycles. The van der Waals surface area contributed by atoms with Gasteiger partial charge >= 0.3 is 6.03 Å². The van der Waals surface area contributed by atoms with Gasteiger partial charge in [-0.3, -0.25) is 4.98 Å². The lowest BCUT2D eigenvalue weighted by Crippen LogP contribution is -2.34. The molecule has 2 amide bonds. The third-order valence-corrected chi connectivity index (χ3v) is 3.90. The zero-order chi connectivity index (χ0) is 16.1. The number of likely N-dealkylation sites (tertiary alicyclic amines) is 1. The van der Waals surface area contributed by atoms with Gasteiger partial charge in [-0.2, -0.15) is 0 Å². The predicted octanol–water partition coefficient (Wildman–Crippen LogP) is 3.24. The lowest BCUT2D eigenvalue weighted by atomic mass is 10.1. The number of carbonyl (C=O) groups is 1. The fraction of sp³-hybridized carbons (Fsp3) is 0.353. The Morgan fingerprint density at radius 1 is 1.35 bits per heavy atom. The standard InChI is InChI=1S/C17H20N4O2/c1-2-23-16-14(5-3-9-19-16)20-17(22)21-12-4-6-15(21)13-7-10-18-11-8-13/h3,5,7-11,15H,2,4,6,12H2,1H3,(H,20,22)/t15-/m0/s1. The van der Waals surface area contributed by atoms with Crippen LogP contribution in [0.3, 0.4) is 0 Å². The summed E-state index contributed by atoms with van der Waals surface area (Å²) in [5.74, 6) is 0.447. The van der Waals surface area contributed by atoms with Gasteiger partial charge in [-0.1, -0.05) is 0 Å². The van der Waals surface area contributed by atoms with Gasteiger partial charge in [0.2, 0.25) is 5.88 Å². The fourth-order valence-corrected chi connectivity index (χ4v) is 2.87. The van der Waals surface area contributed by atoms with Crippen LogP contribution in [0.25, 0.3) is 0 Å². The van der Waals surface area contributed by atoms with Crippen LogP contribution in [0.15, 0.2) is 42.9 Å². The molecule has 2 aromatic rings. The van der Waals surface area contributed by atoms with E-state index in [1.807, 2.05) is 24.0 Å². The van der Waals surface area contributed by atoms with Crippen LogP contribution in [0.5, 0.6) is 5.88 Å². The summed E-state index contributed by atoms with van der Waals surface area (Å²) < 4.78 is 5.46. The van der Waals surface area contributed by atoms with Crippen molar-refractivity contribution in [2.75, 3.05) is 18.5 Å². The quantitative estimate of drug-likeness (QED) is 0.941. The molecule has 0 bridgehead atoms. The number of anilines is 1. The highest BCUT2D eigenvalue weighted by atomic mass is 16.5. The average molecular weight is 312 g/mol. The molecule has 1 aliphatic heterocycles. The molecule has 0 saturated carbocycles. The summed E-state index contributed by atoms with van der Waals surface area (Å²) in [7, 11) is 0. The Balaban J connectivity index is 1.75. The molecular weight excluding hydrogens is 292 g/mol. The topological polar surface area (TPSA) is 67.3 Å². The Kier molecular flexibility index (Phi) is 4.71. The summed E-state index contributed by atoms with van der Waals surface area (Å²) in [6, 6.07) is 7.47. The highest BCUT2D eigenvalue weighted by Gasteiger charge is 2.30. The van der Waals surface area contributed by atoms with Crippen LogP contribution in [0.1, 0.15) is 31.4 Å². The van der Waals surface area contributed by atoms with E-state index in [1.165, 1.54) is 0 Å². The first-order valence-corrected chi connectivity index (χ1v) is 7.85. The van der Waals surface area contributed by atoms with Crippen LogP contribution >= 0.6 is 0 Å². The average Bonchev–Trinajstić information content (AvgIpc) is 3.07. The van der Waals surface area contributed by atoms with Gasteiger partial charge in [0.05, 0.1) is 12.6 Å². The highest BCUT2D eigenvalue weighted by Crippen LogP contribution is 2.32. The largest absolute Gasteiger partial charge is 0.476 e. The number of nitrogens with one attached hydrogen (secondary N) is 1. The third kappa shape index (κ3) is 3.41. The van der Waals surface area contributed by atoms with E-state index in [9.17, 15) is 4.79 Å². The summed E-state index contributed by atoms with van der Waals surface area (Å²) in [6.07, 6.45) is 7.13. The summed E-state index contributed by atoms with van der Waals surface area (Å²) in [5, 5.41) is 2.92. The van der Waals surface area contributed by atoms with Crippen LogP contribution < -0.4 is 10.1 Å². The molecule has 3 heterocycles. The molecule has 23 heavy (non-hydrogen) atoms. The maximum absolute atomic E-state index is 12.7. The second kappa shape index (κ2) is 7.09. The molecule has 1 saturated heterocycles. The Bertz CT molecular complexity index is 663. The smallest absolute Gasteiger partial charge is 0.322 e. The molecule has 0 spiro atoms. The van der Waals surface area contributed by atoms with E-state index in [-0.39, 0.29) is 12.1 Å². The second-order valence-corrected chi connectivity index (χ2v) is 5.35. The number of rotatable bonds is 4. The molecule has 0 radical (unpaired) electrons. The number of hydrogen-bond donors (Lipinski definition) is 1. The van der Waals surface area contributed by atoms with E-state index < -0.39 is 0 Å². The van der Waals surface area contributed by atoms with E-state index in [1.54, 1.807) is 30.7 Å². The van der Waals surface area contributed by atoms with Crippen molar-refractivity contribution in [3.63, 3.8) is 0 Å². The van der Waals surface area contributed by atoms with Crippen LogP contribution in [-0.4, -0.2) is 34.1 Å². The molecular formula is C17H20N4O2. The van der Waals surface area contributed by atoms with Gasteiger partial charge in [-0.25, -0.2) is 9.78 Å². The number of urea groups is 1. The Hall–Kier alpha value is -2.63. The van der Waals surface area contributed by atoms with E-state index >= 15 is 0 Å². The summed E-state index contributed by atoms with van der Waals surface area (Å²) >= 11 is 0. The lowest BCUT2D eigenvalue weighted by molar-refractivity contribution is 0.207. The van der Waals surface area contributed by atoms with Gasteiger partial charge in [0.1, 0.15) is 5.69 Å². The summed E-state index contributed by atoms with van der Waals surface area (Å²) in [6.45, 7) is 3.13. The molecule has 1 aliphatic rings. The zero-order valence-corrected chi connectivity index (χ0v) is 13.1. The van der Waals surface area contributed by atoms with Crippen molar-refractivity contribution >= 4 is 11.7 Å². The van der Waals surface area contributed by atoms with Crippen molar-refractivity contribution in [1.29, 1.82) is 0 Å². The van der Waals surface area contributed by atoms with Gasteiger partial charge in [0, 0.05) is 25.1 Å². The summed E-state index contributed by atoms with van der Waals surface area (Å²) in [4.78, 5) is 22.7. The monoisotopic (exact) mass is 312 g/mol. The van der Waals surface area contributed by atoms with Crippen LogP contribution in [0.2, 0.25) is 0 Å². The van der Waals surface area contributed by atoms with Gasteiger partial charge in [-0.05, 0) is 49.6 Å². The number of nitrogens with zero attached hydrogens (tertiary/aromatic N) is 3. The van der Waals surface area contributed by atoms with E-state index in [0.717, 1.165) is 24.9 Å². The molecule has 0 aromatic carbocycles. The molecule has 0 unspecified atom stereocenters. The van der Waals surface area contributed by atoms with Crippen molar-refractivity contribution in [2.45, 2.75) is 25.8 Å². The Labute approximate surface area is 135 Å². The molecule has 1 fully saturated rings. The first-order chi connectivity index (χ1) is 11.3. The van der Waals surface area contributed by atoms with Crippen molar-refractivity contribution in [1.82, 2.24) is 14.9 Å². The maximum Gasteiger partial charge on any atom is 0.322 e. The van der Waals surface area contributed by atoms with Crippen LogP contribution in [0, 0.1) is 0 Å². The summed E-state index contributed by atoms with van der Waals surface area (Å²) in [5.41, 5.74) is 1.71. The van der Waals surface area contributed by atoms with E-state index in [2.05, 4.69) is 15.3 Å². The van der Waals surface area contributed by atoms with E-state index in [4.69, 9.17) is 4.74 Å². The van der Waals surface area contributed by atoms with Gasteiger partial charge in [0.25, 0.3) is 0 Å². The van der Waals surface area contributed by atoms with E-state index in [0.29, 0.717) is 18.2 Å². The number of carbonyl (C=O) groups excluding carboxylic acids is 1. The van der Waals surface area contributed by atoms with Gasteiger partial charge in [-0.15, -0.1) is 0 Å². The van der Waals surface area contributed by atoms with Crippen molar-refractivity contribution in [2.24, 2.45) is 0 Å². The first-order valence-electron chi connectivity index (χ1n) is 7.85. The maximum atomic E-state index is 12.7. The number of aromatic nitrogens is 2. The highest BCUT2D eigenvalue weighted by molar-refractivity contribution is 5.91. The van der Waals surface area contributed by atoms with Crippen molar-refractivity contribution < 1.29 is 9.53 Å². The molecule has 6 heteroatoms. The minimum Gasteiger partial charge on any atom is -0.476 e. The van der Waals surface area contributed by atoms with Gasteiger partial charge < -0.3 is 15.0 Å². The number of ether oxygens (including phenoxy) is 1. The first kappa shape index (κ1) is 15.3. The van der Waals surface area contributed by atoms with Crippen LogP contribution in [0.4, 0.5) is 10.5 Å². The molecule has 3 rings (SSSR count). The number of pyridine rings is 2. The predicted molar refractivity (Wildman–Crippen MR) is 87.3 cm³/mol. The third-order valence-electron chi connectivity index (χ3n) is 3.90. The molecule has 1 atom stereocenters. The molecule has 2 aromatic heterocycles. The fourth-order valence-electron chi connectivity index (χ4n) is 2.87. The van der Waals surface area contributed by atoms with Crippen LogP contribution in [-0.2, 0) is 0 Å². The lowest BCUT2D eigenvalue weighted by Gasteiger charge is -2.25. The van der Waals surface area contributed by atoms with Crippen molar-refractivity contribution in [3.05, 3.63) is 48.4 Å². The zero-order valence-electron chi connectivity index (χ0n) is 13.1.